The van der Waals surface area contributed by atoms with Crippen molar-refractivity contribution >= 4 is 17.5 Å². The van der Waals surface area contributed by atoms with Gasteiger partial charge in [0.25, 0.3) is 0 Å². The maximum absolute atomic E-state index is 12.7. The van der Waals surface area contributed by atoms with Crippen LogP contribution in [0.15, 0.2) is 48.5 Å². The van der Waals surface area contributed by atoms with Gasteiger partial charge in [0.1, 0.15) is 0 Å². The van der Waals surface area contributed by atoms with E-state index in [2.05, 4.69) is 34.1 Å². The van der Waals surface area contributed by atoms with Crippen LogP contribution in [0.3, 0.4) is 0 Å². The van der Waals surface area contributed by atoms with Crippen molar-refractivity contribution in [3.05, 3.63) is 65.2 Å². The summed E-state index contributed by atoms with van der Waals surface area (Å²) in [6.45, 7) is 1.43. The van der Waals surface area contributed by atoms with E-state index in [0.29, 0.717) is 6.54 Å². The molecule has 4 rings (SSSR count). The van der Waals surface area contributed by atoms with Crippen molar-refractivity contribution in [1.29, 1.82) is 0 Å². The first-order valence-electron chi connectivity index (χ1n) is 8.70. The maximum Gasteiger partial charge on any atom is 0.228 e. The summed E-state index contributed by atoms with van der Waals surface area (Å²) in [5, 5.41) is 9.34. The zero-order valence-electron chi connectivity index (χ0n) is 13.9. The Balaban J connectivity index is 1.48. The highest BCUT2D eigenvalue weighted by Crippen LogP contribution is 2.32. The van der Waals surface area contributed by atoms with Gasteiger partial charge in [-0.15, -0.1) is 0 Å². The fourth-order valence-electron chi connectivity index (χ4n) is 3.75. The highest BCUT2D eigenvalue weighted by atomic mass is 16.2. The highest BCUT2D eigenvalue weighted by molar-refractivity contribution is 6.01. The number of rotatable bonds is 3. The lowest BCUT2D eigenvalue weighted by Crippen LogP contribution is -2.41. The van der Waals surface area contributed by atoms with Crippen LogP contribution in [0.25, 0.3) is 0 Å². The third kappa shape index (κ3) is 3.15. The van der Waals surface area contributed by atoms with Crippen molar-refractivity contribution in [2.45, 2.75) is 24.8 Å². The second-order valence-electron chi connectivity index (χ2n) is 6.59. The molecular formula is C20H21N3O2. The molecule has 0 aliphatic carbocycles. The lowest BCUT2D eigenvalue weighted by Gasteiger charge is -2.29. The van der Waals surface area contributed by atoms with Gasteiger partial charge in [0.05, 0.1) is 5.92 Å². The molecule has 2 aromatic carbocycles. The Hall–Kier alpha value is -2.66. The van der Waals surface area contributed by atoms with Crippen molar-refractivity contribution in [2.24, 2.45) is 0 Å². The Bertz CT molecular complexity index is 818. The van der Waals surface area contributed by atoms with Crippen LogP contribution in [0.1, 0.15) is 35.1 Å². The number of benzene rings is 2. The number of carbonyl (C=O) groups is 2. The fourth-order valence-corrected chi connectivity index (χ4v) is 3.75. The molecule has 128 valence electrons. The fraction of sp³-hybridized carbons (Fsp3) is 0.300. The summed E-state index contributed by atoms with van der Waals surface area (Å²) in [7, 11) is 0. The molecule has 5 heteroatoms. The summed E-state index contributed by atoms with van der Waals surface area (Å²) in [6, 6.07) is 16.0. The zero-order chi connectivity index (χ0) is 17.2. The van der Waals surface area contributed by atoms with Crippen LogP contribution < -0.4 is 16.0 Å². The van der Waals surface area contributed by atoms with Gasteiger partial charge in [-0.05, 0) is 35.7 Å². The number of anilines is 1. The average molecular weight is 335 g/mol. The Kier molecular flexibility index (Phi) is 4.24. The van der Waals surface area contributed by atoms with Gasteiger partial charge < -0.3 is 16.0 Å². The molecule has 3 N–H and O–H groups in total. The average Bonchev–Trinajstić information content (AvgIpc) is 2.65. The molecule has 2 atom stereocenters. The number of para-hydroxylation sites is 1. The van der Waals surface area contributed by atoms with E-state index in [-0.39, 0.29) is 24.3 Å². The number of hydrogen-bond acceptors (Lipinski definition) is 3. The third-order valence-corrected chi connectivity index (χ3v) is 5.01. The van der Waals surface area contributed by atoms with Crippen LogP contribution in [0.5, 0.6) is 0 Å². The minimum atomic E-state index is -0.427. The van der Waals surface area contributed by atoms with Crippen molar-refractivity contribution in [2.75, 3.05) is 18.4 Å². The van der Waals surface area contributed by atoms with Crippen molar-refractivity contribution in [3.8, 4) is 0 Å². The van der Waals surface area contributed by atoms with Crippen molar-refractivity contribution in [1.82, 2.24) is 10.6 Å². The number of nitrogens with one attached hydrogen (secondary N) is 3. The van der Waals surface area contributed by atoms with Gasteiger partial charge in [0, 0.05) is 24.7 Å². The van der Waals surface area contributed by atoms with Gasteiger partial charge in [-0.1, -0.05) is 42.5 Å². The molecule has 0 spiro atoms. The van der Waals surface area contributed by atoms with E-state index in [1.807, 2.05) is 30.3 Å². The predicted molar refractivity (Wildman–Crippen MR) is 96.3 cm³/mol. The standard InChI is InChI=1S/C20H21N3O2/c24-19-11-16(15-7-3-4-8-17(15)23-19)20(25)22-12-18-14-6-2-1-5-13(14)9-10-21-18/h1-8,16,18,21H,9-12H2,(H,22,25)(H,23,24). The highest BCUT2D eigenvalue weighted by Gasteiger charge is 2.31. The van der Waals surface area contributed by atoms with Crippen LogP contribution in [0.2, 0.25) is 0 Å². The Morgan fingerprint density at radius 2 is 1.84 bits per heavy atom. The normalized spacial score (nSPS) is 21.7. The second-order valence-corrected chi connectivity index (χ2v) is 6.59. The number of amides is 2. The van der Waals surface area contributed by atoms with Gasteiger partial charge in [0.15, 0.2) is 0 Å². The van der Waals surface area contributed by atoms with Gasteiger partial charge in [-0.25, -0.2) is 0 Å². The molecule has 25 heavy (non-hydrogen) atoms. The number of carbonyl (C=O) groups excluding carboxylic acids is 2. The summed E-state index contributed by atoms with van der Waals surface area (Å²) in [5.41, 5.74) is 4.20. The first-order chi connectivity index (χ1) is 12.2. The smallest absolute Gasteiger partial charge is 0.228 e. The van der Waals surface area contributed by atoms with Gasteiger partial charge in [-0.3, -0.25) is 9.59 Å². The second kappa shape index (κ2) is 6.69. The van der Waals surface area contributed by atoms with Crippen molar-refractivity contribution < 1.29 is 9.59 Å². The predicted octanol–water partition coefficient (Wildman–Crippen LogP) is 2.12. The van der Waals surface area contributed by atoms with E-state index in [1.165, 1.54) is 11.1 Å². The topological polar surface area (TPSA) is 70.2 Å². The quantitative estimate of drug-likeness (QED) is 0.805. The van der Waals surface area contributed by atoms with E-state index >= 15 is 0 Å². The van der Waals surface area contributed by atoms with E-state index in [1.54, 1.807) is 0 Å². The molecule has 2 amide bonds. The Morgan fingerprint density at radius 1 is 1.08 bits per heavy atom. The summed E-state index contributed by atoms with van der Waals surface area (Å²) in [6.07, 6.45) is 1.20. The lowest BCUT2D eigenvalue weighted by molar-refractivity contribution is -0.126. The Labute approximate surface area is 146 Å². The largest absolute Gasteiger partial charge is 0.354 e. The first kappa shape index (κ1) is 15.8. The van der Waals surface area contributed by atoms with E-state index in [0.717, 1.165) is 24.2 Å². The van der Waals surface area contributed by atoms with Crippen LogP contribution in [0, 0.1) is 0 Å². The molecule has 2 aromatic rings. The molecule has 0 aromatic heterocycles. The molecule has 0 radical (unpaired) electrons. The maximum atomic E-state index is 12.7. The summed E-state index contributed by atoms with van der Waals surface area (Å²) in [4.78, 5) is 24.6. The SMILES string of the molecule is O=C1CC(C(=O)NCC2NCCc3ccccc32)c2ccccc2N1. The molecule has 0 saturated carbocycles. The Morgan fingerprint density at radius 3 is 2.72 bits per heavy atom. The minimum absolute atomic E-state index is 0.0906. The zero-order valence-corrected chi connectivity index (χ0v) is 13.9. The molecule has 0 saturated heterocycles. The molecular weight excluding hydrogens is 314 g/mol. The van der Waals surface area contributed by atoms with E-state index in [4.69, 9.17) is 0 Å². The molecule has 2 heterocycles. The number of hydrogen-bond donors (Lipinski definition) is 3. The lowest BCUT2D eigenvalue weighted by atomic mass is 9.89. The first-order valence-corrected chi connectivity index (χ1v) is 8.70. The van der Waals surface area contributed by atoms with Gasteiger partial charge in [-0.2, -0.15) is 0 Å². The van der Waals surface area contributed by atoms with Gasteiger partial charge >= 0.3 is 0 Å². The summed E-state index contributed by atoms with van der Waals surface area (Å²) < 4.78 is 0. The van der Waals surface area contributed by atoms with Crippen LogP contribution in [-0.2, 0) is 16.0 Å². The minimum Gasteiger partial charge on any atom is -0.354 e. The van der Waals surface area contributed by atoms with Crippen LogP contribution in [0.4, 0.5) is 5.69 Å². The summed E-state index contributed by atoms with van der Waals surface area (Å²) >= 11 is 0. The monoisotopic (exact) mass is 335 g/mol. The molecule has 0 fully saturated rings. The van der Waals surface area contributed by atoms with E-state index < -0.39 is 5.92 Å². The third-order valence-electron chi connectivity index (χ3n) is 5.01. The van der Waals surface area contributed by atoms with Crippen LogP contribution in [-0.4, -0.2) is 24.9 Å². The number of fused-ring (bicyclic) bond motifs is 2. The summed E-state index contributed by atoms with van der Waals surface area (Å²) in [5.74, 6) is -0.629. The molecule has 0 bridgehead atoms. The van der Waals surface area contributed by atoms with Crippen LogP contribution >= 0.6 is 0 Å². The molecule has 2 aliphatic rings. The van der Waals surface area contributed by atoms with Gasteiger partial charge in [0.2, 0.25) is 11.8 Å². The van der Waals surface area contributed by atoms with Crippen molar-refractivity contribution in [3.63, 3.8) is 0 Å². The molecule has 5 nitrogen and oxygen atoms in total. The molecule has 2 aliphatic heterocycles. The molecule has 2 unspecified atom stereocenters. The van der Waals surface area contributed by atoms with E-state index in [9.17, 15) is 9.59 Å².